The lowest BCUT2D eigenvalue weighted by Crippen LogP contribution is -2.55. The molecule has 0 saturated heterocycles. The van der Waals surface area contributed by atoms with E-state index < -0.39 is 22.8 Å². The van der Waals surface area contributed by atoms with Crippen LogP contribution in [0.3, 0.4) is 0 Å². The number of esters is 2. The Bertz CT molecular complexity index is 1070. The second kappa shape index (κ2) is 9.53. The van der Waals surface area contributed by atoms with Gasteiger partial charge in [-0.1, -0.05) is 64.5 Å². The van der Waals surface area contributed by atoms with Crippen LogP contribution in [0.1, 0.15) is 41.9 Å². The number of carbonyl (C=O) groups excluding carboxylic acids is 2. The largest absolute Gasteiger partial charge is 0.468 e. The van der Waals surface area contributed by atoms with Crippen molar-refractivity contribution in [2.45, 2.75) is 37.0 Å². The second-order valence-corrected chi connectivity index (χ2v) is 10.3. The zero-order valence-corrected chi connectivity index (χ0v) is 21.3. The van der Waals surface area contributed by atoms with Crippen LogP contribution in [0.25, 0.3) is 0 Å². The maximum Gasteiger partial charge on any atom is 0.323 e. The molecule has 0 spiro atoms. The lowest BCUT2D eigenvalue weighted by atomic mass is 9.52. The van der Waals surface area contributed by atoms with E-state index in [0.29, 0.717) is 6.42 Å². The summed E-state index contributed by atoms with van der Waals surface area (Å²) in [5.74, 6) is -1.31. The molecule has 2 aromatic carbocycles. The van der Waals surface area contributed by atoms with Gasteiger partial charge in [-0.25, -0.2) is 0 Å². The Labute approximate surface area is 210 Å². The van der Waals surface area contributed by atoms with Crippen LogP contribution < -0.4 is 0 Å². The van der Waals surface area contributed by atoms with E-state index in [1.54, 1.807) is 0 Å². The first-order valence-corrected chi connectivity index (χ1v) is 12.4. The zero-order chi connectivity index (χ0) is 24.5. The van der Waals surface area contributed by atoms with Gasteiger partial charge in [0, 0.05) is 15.8 Å². The summed E-state index contributed by atoms with van der Waals surface area (Å²) in [6.07, 6.45) is 6.62. The Balaban J connectivity index is 1.97. The fourth-order valence-corrected chi connectivity index (χ4v) is 6.78. The van der Waals surface area contributed by atoms with Gasteiger partial charge in [-0.05, 0) is 66.3 Å². The van der Waals surface area contributed by atoms with E-state index in [1.807, 2.05) is 48.6 Å². The molecule has 178 valence electrons. The summed E-state index contributed by atoms with van der Waals surface area (Å²) in [5.41, 5.74) is 1.17. The highest BCUT2D eigenvalue weighted by molar-refractivity contribution is 9.10. The highest BCUT2D eigenvalue weighted by Gasteiger charge is 2.64. The summed E-state index contributed by atoms with van der Waals surface area (Å²) >= 11 is 3.54. The van der Waals surface area contributed by atoms with E-state index >= 15 is 0 Å². The molecule has 2 aliphatic rings. The van der Waals surface area contributed by atoms with Crippen molar-refractivity contribution < 1.29 is 19.1 Å². The van der Waals surface area contributed by atoms with E-state index in [0.717, 1.165) is 34.0 Å². The lowest BCUT2D eigenvalue weighted by Gasteiger charge is -2.49. The number of ether oxygens (including phenoxy) is 2. The molecule has 2 aromatic rings. The lowest BCUT2D eigenvalue weighted by molar-refractivity contribution is -0.174. The molecule has 0 aromatic heterocycles. The third kappa shape index (κ3) is 3.56. The summed E-state index contributed by atoms with van der Waals surface area (Å²) < 4.78 is 11.7. The van der Waals surface area contributed by atoms with Crippen LogP contribution in [0, 0.1) is 17.3 Å². The standard InChI is InChI=1S/C29H31BrO4/c1-5-20-11-12-21(6-2)28(20,22-13-15-23(30)16-14-22)18-29(26(31)33-3,27(32)34-4)25-17-19-9-7-8-10-24(19)25/h5-10,13-16,20-21,25H,1-2,11-12,17-18H2,3-4H3/t20-,21?,25?,28?/m1/s1. The minimum atomic E-state index is -1.49. The van der Waals surface area contributed by atoms with Gasteiger partial charge in [0.25, 0.3) is 0 Å². The van der Waals surface area contributed by atoms with Crippen molar-refractivity contribution >= 4 is 27.9 Å². The van der Waals surface area contributed by atoms with Crippen LogP contribution in [-0.2, 0) is 30.9 Å². The molecule has 1 saturated carbocycles. The van der Waals surface area contributed by atoms with Gasteiger partial charge >= 0.3 is 11.9 Å². The molecule has 0 radical (unpaired) electrons. The molecule has 0 aliphatic heterocycles. The number of allylic oxidation sites excluding steroid dienone is 2. The van der Waals surface area contributed by atoms with Gasteiger partial charge in [0.05, 0.1) is 14.2 Å². The third-order valence-corrected chi connectivity index (χ3v) is 8.71. The van der Waals surface area contributed by atoms with Crippen molar-refractivity contribution in [3.63, 3.8) is 0 Å². The molecule has 0 heterocycles. The average Bonchev–Trinajstić information content (AvgIpc) is 3.21. The van der Waals surface area contributed by atoms with Crippen LogP contribution in [0.2, 0.25) is 0 Å². The molecule has 5 heteroatoms. The van der Waals surface area contributed by atoms with Crippen LogP contribution in [0.15, 0.2) is 78.3 Å². The molecular formula is C29H31BrO4. The zero-order valence-electron chi connectivity index (χ0n) is 19.8. The van der Waals surface area contributed by atoms with E-state index in [-0.39, 0.29) is 24.2 Å². The predicted molar refractivity (Wildman–Crippen MR) is 136 cm³/mol. The number of halogens is 1. The van der Waals surface area contributed by atoms with Crippen LogP contribution >= 0.6 is 15.9 Å². The molecule has 2 aliphatic carbocycles. The molecule has 4 rings (SSSR count). The highest BCUT2D eigenvalue weighted by Crippen LogP contribution is 2.61. The maximum atomic E-state index is 13.7. The molecule has 0 N–H and O–H groups in total. The monoisotopic (exact) mass is 522 g/mol. The quantitative estimate of drug-likeness (QED) is 0.237. The van der Waals surface area contributed by atoms with Crippen LogP contribution in [-0.4, -0.2) is 26.2 Å². The van der Waals surface area contributed by atoms with Crippen molar-refractivity contribution in [2.75, 3.05) is 14.2 Å². The van der Waals surface area contributed by atoms with E-state index in [1.165, 1.54) is 14.2 Å². The first-order chi connectivity index (χ1) is 16.4. The van der Waals surface area contributed by atoms with Gasteiger partial charge < -0.3 is 9.47 Å². The average molecular weight is 523 g/mol. The summed E-state index contributed by atoms with van der Waals surface area (Å²) in [7, 11) is 2.70. The molecule has 0 amide bonds. The SMILES string of the molecule is C=CC1CC[C@@H](C=C)C1(CC(C(=O)OC)(C(=O)OC)C1Cc2ccccc21)c1ccc(Br)cc1. The van der Waals surface area contributed by atoms with Gasteiger partial charge in [-0.15, -0.1) is 13.2 Å². The van der Waals surface area contributed by atoms with E-state index in [9.17, 15) is 9.59 Å². The van der Waals surface area contributed by atoms with Crippen molar-refractivity contribution in [2.24, 2.45) is 17.3 Å². The number of benzene rings is 2. The molecule has 4 atom stereocenters. The normalized spacial score (nSPS) is 25.6. The Morgan fingerprint density at radius 3 is 2.06 bits per heavy atom. The highest BCUT2D eigenvalue weighted by atomic mass is 79.9. The number of methoxy groups -OCH3 is 2. The Hall–Kier alpha value is -2.66. The van der Waals surface area contributed by atoms with Gasteiger partial charge in [-0.2, -0.15) is 0 Å². The van der Waals surface area contributed by atoms with Crippen molar-refractivity contribution in [1.29, 1.82) is 0 Å². The smallest absolute Gasteiger partial charge is 0.323 e. The Morgan fingerprint density at radius 2 is 1.56 bits per heavy atom. The predicted octanol–water partition coefficient (Wildman–Crippen LogP) is 6.15. The molecule has 4 nitrogen and oxygen atoms in total. The minimum absolute atomic E-state index is 0.0562. The van der Waals surface area contributed by atoms with Gasteiger partial charge in [0.1, 0.15) is 0 Å². The first kappa shape index (κ1) is 24.5. The van der Waals surface area contributed by atoms with Crippen molar-refractivity contribution in [1.82, 2.24) is 0 Å². The fraction of sp³-hybridized carbons (Fsp3) is 0.379. The minimum Gasteiger partial charge on any atom is -0.468 e. The summed E-state index contributed by atoms with van der Waals surface area (Å²) in [6, 6.07) is 16.1. The van der Waals surface area contributed by atoms with Gasteiger partial charge in [-0.3, -0.25) is 9.59 Å². The third-order valence-electron chi connectivity index (χ3n) is 8.18. The molecule has 0 bridgehead atoms. The second-order valence-electron chi connectivity index (χ2n) is 9.40. The molecule has 34 heavy (non-hydrogen) atoms. The Kier molecular flexibility index (Phi) is 6.86. The number of rotatable bonds is 8. The summed E-state index contributed by atoms with van der Waals surface area (Å²) in [4.78, 5) is 27.4. The number of carbonyl (C=O) groups is 2. The van der Waals surface area contributed by atoms with Gasteiger partial charge in [0.15, 0.2) is 5.41 Å². The number of hydrogen-bond acceptors (Lipinski definition) is 4. The van der Waals surface area contributed by atoms with E-state index in [4.69, 9.17) is 9.47 Å². The summed E-state index contributed by atoms with van der Waals surface area (Å²) in [5, 5.41) is 0. The van der Waals surface area contributed by atoms with Gasteiger partial charge in [0.2, 0.25) is 0 Å². The fourth-order valence-electron chi connectivity index (χ4n) is 6.52. The molecular weight excluding hydrogens is 492 g/mol. The molecule has 1 fully saturated rings. The van der Waals surface area contributed by atoms with Crippen LogP contribution in [0.4, 0.5) is 0 Å². The molecule has 3 unspecified atom stereocenters. The van der Waals surface area contributed by atoms with Crippen LogP contribution in [0.5, 0.6) is 0 Å². The number of fused-ring (bicyclic) bond motifs is 1. The van der Waals surface area contributed by atoms with E-state index in [2.05, 4.69) is 41.2 Å². The number of hydrogen-bond donors (Lipinski definition) is 0. The van der Waals surface area contributed by atoms with Crippen molar-refractivity contribution in [3.8, 4) is 0 Å². The first-order valence-electron chi connectivity index (χ1n) is 11.6. The van der Waals surface area contributed by atoms with Crippen molar-refractivity contribution in [3.05, 3.63) is 95.0 Å². The Morgan fingerprint density at radius 1 is 1.00 bits per heavy atom. The summed E-state index contributed by atoms with van der Waals surface area (Å²) in [6.45, 7) is 8.30. The maximum absolute atomic E-state index is 13.7. The topological polar surface area (TPSA) is 52.6 Å².